The molecule has 110 valence electrons. The smallest absolute Gasteiger partial charge is 0.161 e. The van der Waals surface area contributed by atoms with Gasteiger partial charge in [-0.3, -0.25) is 0 Å². The van der Waals surface area contributed by atoms with Crippen LogP contribution in [0, 0.1) is 0 Å². The molecule has 0 aromatic heterocycles. The van der Waals surface area contributed by atoms with Crippen LogP contribution < -0.4 is 19.5 Å². The van der Waals surface area contributed by atoms with E-state index in [2.05, 4.69) is 11.4 Å². The van der Waals surface area contributed by atoms with Gasteiger partial charge in [0.05, 0.1) is 7.11 Å². The van der Waals surface area contributed by atoms with Crippen molar-refractivity contribution in [2.45, 2.75) is 12.6 Å². The van der Waals surface area contributed by atoms with Gasteiger partial charge in [0.15, 0.2) is 11.5 Å². The van der Waals surface area contributed by atoms with Crippen molar-refractivity contribution in [3.05, 3.63) is 54.1 Å². The van der Waals surface area contributed by atoms with Crippen molar-refractivity contribution in [2.24, 2.45) is 0 Å². The molecule has 0 fully saturated rings. The van der Waals surface area contributed by atoms with Crippen LogP contribution in [0.15, 0.2) is 48.5 Å². The Morgan fingerprint density at radius 1 is 1.14 bits per heavy atom. The molecule has 3 rings (SSSR count). The normalized spacial score (nSPS) is 16.5. The van der Waals surface area contributed by atoms with E-state index in [1.807, 2.05) is 42.5 Å². The number of rotatable bonds is 5. The maximum Gasteiger partial charge on any atom is 0.161 e. The largest absolute Gasteiger partial charge is 0.497 e. The Labute approximate surface area is 124 Å². The molecule has 1 atom stereocenters. The Hall–Kier alpha value is -2.20. The van der Waals surface area contributed by atoms with E-state index in [-0.39, 0.29) is 6.10 Å². The van der Waals surface area contributed by atoms with Gasteiger partial charge in [-0.1, -0.05) is 24.3 Å². The number of methoxy groups -OCH3 is 1. The third kappa shape index (κ3) is 3.47. The molecule has 0 unspecified atom stereocenters. The number of hydrogen-bond acceptors (Lipinski definition) is 4. The van der Waals surface area contributed by atoms with E-state index in [0.29, 0.717) is 6.61 Å². The third-order valence-electron chi connectivity index (χ3n) is 3.40. The second-order valence-corrected chi connectivity index (χ2v) is 4.98. The van der Waals surface area contributed by atoms with Crippen molar-refractivity contribution in [1.82, 2.24) is 5.32 Å². The molecule has 0 amide bonds. The van der Waals surface area contributed by atoms with Gasteiger partial charge in [-0.05, 0) is 29.8 Å². The zero-order chi connectivity index (χ0) is 14.5. The molecule has 1 aliphatic heterocycles. The lowest BCUT2D eigenvalue weighted by atomic mass is 10.2. The van der Waals surface area contributed by atoms with E-state index < -0.39 is 0 Å². The average molecular weight is 285 g/mol. The molecular weight excluding hydrogens is 266 g/mol. The Kier molecular flexibility index (Phi) is 4.26. The maximum absolute atomic E-state index is 5.90. The minimum atomic E-state index is 0.0329. The van der Waals surface area contributed by atoms with Crippen molar-refractivity contribution in [3.63, 3.8) is 0 Å². The molecular formula is C17H19NO3. The van der Waals surface area contributed by atoms with Gasteiger partial charge in [-0.25, -0.2) is 0 Å². The molecule has 0 bridgehead atoms. The predicted octanol–water partition coefficient (Wildman–Crippen LogP) is 2.62. The fraction of sp³-hybridized carbons (Fsp3) is 0.294. The summed E-state index contributed by atoms with van der Waals surface area (Å²) in [5, 5.41) is 3.39. The van der Waals surface area contributed by atoms with Gasteiger partial charge in [0.1, 0.15) is 18.5 Å². The van der Waals surface area contributed by atoms with Crippen LogP contribution in [0.5, 0.6) is 17.2 Å². The molecule has 4 nitrogen and oxygen atoms in total. The molecule has 1 heterocycles. The fourth-order valence-corrected chi connectivity index (χ4v) is 2.32. The highest BCUT2D eigenvalue weighted by Gasteiger charge is 2.19. The van der Waals surface area contributed by atoms with Crippen molar-refractivity contribution < 1.29 is 14.2 Å². The van der Waals surface area contributed by atoms with E-state index in [9.17, 15) is 0 Å². The summed E-state index contributed by atoms with van der Waals surface area (Å²) < 4.78 is 16.8. The lowest BCUT2D eigenvalue weighted by Crippen LogP contribution is -2.38. The summed E-state index contributed by atoms with van der Waals surface area (Å²) in [7, 11) is 1.68. The topological polar surface area (TPSA) is 39.7 Å². The van der Waals surface area contributed by atoms with Gasteiger partial charge in [0.2, 0.25) is 0 Å². The summed E-state index contributed by atoms with van der Waals surface area (Å²) in [6.45, 7) is 2.09. The molecule has 0 radical (unpaired) electrons. The lowest BCUT2D eigenvalue weighted by molar-refractivity contribution is 0.0902. The minimum Gasteiger partial charge on any atom is -0.497 e. The standard InChI is InChI=1S/C17H19NO3/c1-19-14-6-4-5-13(9-14)10-18-11-15-12-20-16-7-2-3-8-17(16)21-15/h2-9,15,18H,10-12H2,1H3/t15-/m1/s1. The summed E-state index contributed by atoms with van der Waals surface area (Å²) in [5.74, 6) is 2.51. The monoisotopic (exact) mass is 285 g/mol. The van der Waals surface area contributed by atoms with Gasteiger partial charge in [-0.15, -0.1) is 0 Å². The molecule has 0 saturated carbocycles. The van der Waals surface area contributed by atoms with Crippen molar-refractivity contribution in [1.29, 1.82) is 0 Å². The van der Waals surface area contributed by atoms with Crippen molar-refractivity contribution >= 4 is 0 Å². The summed E-state index contributed by atoms with van der Waals surface area (Å²) in [5.41, 5.74) is 1.19. The van der Waals surface area contributed by atoms with Gasteiger partial charge in [-0.2, -0.15) is 0 Å². The van der Waals surface area contributed by atoms with Crippen LogP contribution in [-0.2, 0) is 6.54 Å². The van der Waals surface area contributed by atoms with E-state index >= 15 is 0 Å². The molecule has 4 heteroatoms. The number of fused-ring (bicyclic) bond motifs is 1. The lowest BCUT2D eigenvalue weighted by Gasteiger charge is -2.26. The SMILES string of the molecule is COc1cccc(CNC[C@@H]2COc3ccccc3O2)c1. The van der Waals surface area contributed by atoms with Gasteiger partial charge < -0.3 is 19.5 Å². The Morgan fingerprint density at radius 3 is 2.86 bits per heavy atom. The maximum atomic E-state index is 5.90. The molecule has 0 saturated heterocycles. The first kappa shape index (κ1) is 13.8. The molecule has 0 aliphatic carbocycles. The Morgan fingerprint density at radius 2 is 2.00 bits per heavy atom. The highest BCUT2D eigenvalue weighted by Crippen LogP contribution is 2.30. The average Bonchev–Trinajstić information content (AvgIpc) is 2.55. The second-order valence-electron chi connectivity index (χ2n) is 4.98. The first-order valence-electron chi connectivity index (χ1n) is 7.07. The molecule has 1 N–H and O–H groups in total. The molecule has 1 aliphatic rings. The Balaban J connectivity index is 1.50. The zero-order valence-electron chi connectivity index (χ0n) is 12.0. The highest BCUT2D eigenvalue weighted by atomic mass is 16.6. The zero-order valence-corrected chi connectivity index (χ0v) is 12.0. The predicted molar refractivity (Wildman–Crippen MR) is 81.1 cm³/mol. The number of para-hydroxylation sites is 2. The molecule has 21 heavy (non-hydrogen) atoms. The van der Waals surface area contributed by atoms with Crippen LogP contribution in [0.4, 0.5) is 0 Å². The van der Waals surface area contributed by atoms with Gasteiger partial charge >= 0.3 is 0 Å². The second kappa shape index (κ2) is 6.50. The van der Waals surface area contributed by atoms with Crippen LogP contribution in [0.1, 0.15) is 5.56 Å². The van der Waals surface area contributed by atoms with Gasteiger partial charge in [0.25, 0.3) is 0 Å². The van der Waals surface area contributed by atoms with Gasteiger partial charge in [0, 0.05) is 13.1 Å². The van der Waals surface area contributed by atoms with E-state index in [1.165, 1.54) is 5.56 Å². The van der Waals surface area contributed by atoms with Crippen LogP contribution in [0.2, 0.25) is 0 Å². The van der Waals surface area contributed by atoms with Crippen LogP contribution in [0.25, 0.3) is 0 Å². The Bertz CT molecular complexity index is 600. The third-order valence-corrected chi connectivity index (χ3v) is 3.40. The van der Waals surface area contributed by atoms with E-state index in [1.54, 1.807) is 7.11 Å². The van der Waals surface area contributed by atoms with E-state index in [0.717, 1.165) is 30.3 Å². The first-order chi connectivity index (χ1) is 10.3. The van der Waals surface area contributed by atoms with Crippen LogP contribution in [0.3, 0.4) is 0 Å². The highest BCUT2D eigenvalue weighted by molar-refractivity contribution is 5.40. The fourth-order valence-electron chi connectivity index (χ4n) is 2.32. The summed E-state index contributed by atoms with van der Waals surface area (Å²) >= 11 is 0. The summed E-state index contributed by atoms with van der Waals surface area (Å²) in [6, 6.07) is 15.8. The number of nitrogens with one attached hydrogen (secondary N) is 1. The van der Waals surface area contributed by atoms with Crippen molar-refractivity contribution in [2.75, 3.05) is 20.3 Å². The first-order valence-corrected chi connectivity index (χ1v) is 7.07. The number of hydrogen-bond donors (Lipinski definition) is 1. The summed E-state index contributed by atoms with van der Waals surface area (Å²) in [4.78, 5) is 0. The number of benzene rings is 2. The minimum absolute atomic E-state index is 0.0329. The summed E-state index contributed by atoms with van der Waals surface area (Å²) in [6.07, 6.45) is 0.0329. The molecule has 2 aromatic rings. The van der Waals surface area contributed by atoms with E-state index in [4.69, 9.17) is 14.2 Å². The quantitative estimate of drug-likeness (QED) is 0.916. The number of ether oxygens (including phenoxy) is 3. The van der Waals surface area contributed by atoms with Crippen LogP contribution in [-0.4, -0.2) is 26.4 Å². The van der Waals surface area contributed by atoms with Crippen molar-refractivity contribution in [3.8, 4) is 17.2 Å². The molecule has 2 aromatic carbocycles. The van der Waals surface area contributed by atoms with Crippen LogP contribution >= 0.6 is 0 Å². The molecule has 0 spiro atoms.